The summed E-state index contributed by atoms with van der Waals surface area (Å²) in [5.41, 5.74) is 0.492. The highest BCUT2D eigenvalue weighted by Gasteiger charge is 2.34. The highest BCUT2D eigenvalue weighted by Crippen LogP contribution is 2.20. The quantitative estimate of drug-likeness (QED) is 0.857. The normalized spacial score (nSPS) is 20.9. The number of sulfone groups is 1. The van der Waals surface area contributed by atoms with Gasteiger partial charge in [0, 0.05) is 24.8 Å². The lowest BCUT2D eigenvalue weighted by atomic mass is 10.1. The number of carbonyl (C=O) groups excluding carboxylic acids is 1. The molecule has 1 aromatic rings. The molecule has 1 aliphatic heterocycles. The summed E-state index contributed by atoms with van der Waals surface area (Å²) in [6.45, 7) is 6.52. The third-order valence-corrected chi connectivity index (χ3v) is 6.02. The molecule has 2 unspecified atom stereocenters. The number of hydrogen-bond donors (Lipinski definition) is 1. The van der Waals surface area contributed by atoms with Crippen LogP contribution in [0.5, 0.6) is 0 Å². The monoisotopic (exact) mass is 339 g/mol. The van der Waals surface area contributed by atoms with Crippen molar-refractivity contribution < 1.29 is 13.2 Å². The number of pyridine rings is 1. The van der Waals surface area contributed by atoms with Gasteiger partial charge in [0.25, 0.3) is 5.91 Å². The van der Waals surface area contributed by atoms with Crippen molar-refractivity contribution in [2.45, 2.75) is 45.7 Å². The van der Waals surface area contributed by atoms with E-state index < -0.39 is 9.84 Å². The summed E-state index contributed by atoms with van der Waals surface area (Å²) in [4.78, 5) is 18.6. The van der Waals surface area contributed by atoms with Gasteiger partial charge < -0.3 is 10.2 Å². The van der Waals surface area contributed by atoms with Gasteiger partial charge in [-0.1, -0.05) is 6.92 Å². The predicted molar refractivity (Wildman–Crippen MR) is 91.4 cm³/mol. The lowest BCUT2D eigenvalue weighted by Gasteiger charge is -2.26. The van der Waals surface area contributed by atoms with E-state index in [0.29, 0.717) is 24.6 Å². The molecule has 2 atom stereocenters. The zero-order valence-electron chi connectivity index (χ0n) is 13.9. The fraction of sp³-hybridized carbons (Fsp3) is 0.625. The van der Waals surface area contributed by atoms with Crippen LogP contribution in [0.4, 0.5) is 5.82 Å². The molecule has 0 aliphatic carbocycles. The largest absolute Gasteiger partial charge is 0.368 e. The van der Waals surface area contributed by atoms with Crippen molar-refractivity contribution in [2.24, 2.45) is 0 Å². The topological polar surface area (TPSA) is 79.4 Å². The van der Waals surface area contributed by atoms with Gasteiger partial charge in [-0.2, -0.15) is 0 Å². The molecule has 1 amide bonds. The van der Waals surface area contributed by atoms with Gasteiger partial charge in [0.05, 0.1) is 17.1 Å². The molecule has 1 aromatic heterocycles. The number of carbonyl (C=O) groups is 1. The maximum absolute atomic E-state index is 12.6. The van der Waals surface area contributed by atoms with Crippen LogP contribution in [0.15, 0.2) is 18.3 Å². The van der Waals surface area contributed by atoms with Crippen LogP contribution in [0.3, 0.4) is 0 Å². The Balaban J connectivity index is 2.09. The maximum atomic E-state index is 12.6. The predicted octanol–water partition coefficient (Wildman–Crippen LogP) is 1.94. The molecule has 2 heterocycles. The lowest BCUT2D eigenvalue weighted by Crippen LogP contribution is -2.41. The third-order valence-electron chi connectivity index (χ3n) is 4.27. The van der Waals surface area contributed by atoms with E-state index in [-0.39, 0.29) is 23.5 Å². The van der Waals surface area contributed by atoms with Crippen LogP contribution in [0, 0.1) is 0 Å². The second-order valence-electron chi connectivity index (χ2n) is 6.03. The van der Waals surface area contributed by atoms with Gasteiger partial charge in [-0.3, -0.25) is 4.79 Å². The van der Waals surface area contributed by atoms with Crippen LogP contribution in [0.1, 0.15) is 44.0 Å². The van der Waals surface area contributed by atoms with E-state index in [1.54, 1.807) is 23.2 Å². The van der Waals surface area contributed by atoms with Gasteiger partial charge in [-0.25, -0.2) is 13.4 Å². The Kier molecular flexibility index (Phi) is 5.62. The lowest BCUT2D eigenvalue weighted by molar-refractivity contribution is 0.0708. The molecule has 1 saturated heterocycles. The highest BCUT2D eigenvalue weighted by atomic mass is 32.2. The molecule has 6 nitrogen and oxygen atoms in total. The molecule has 0 spiro atoms. The zero-order chi connectivity index (χ0) is 17.0. The Bertz CT molecular complexity index is 643. The van der Waals surface area contributed by atoms with Gasteiger partial charge in [-0.05, 0) is 38.8 Å². The molecule has 23 heavy (non-hydrogen) atoms. The number of aromatic nitrogens is 1. The minimum absolute atomic E-state index is 0.0632. The molecule has 1 fully saturated rings. The Labute approximate surface area is 138 Å². The van der Waals surface area contributed by atoms with Crippen molar-refractivity contribution >= 4 is 21.6 Å². The summed E-state index contributed by atoms with van der Waals surface area (Å²) in [6.07, 6.45) is 3.06. The Morgan fingerprint density at radius 2 is 2.17 bits per heavy atom. The van der Waals surface area contributed by atoms with Gasteiger partial charge >= 0.3 is 0 Å². The van der Waals surface area contributed by atoms with E-state index in [1.165, 1.54) is 0 Å². The molecular weight excluding hydrogens is 314 g/mol. The fourth-order valence-corrected chi connectivity index (χ4v) is 4.45. The smallest absolute Gasteiger partial charge is 0.255 e. The third kappa shape index (κ3) is 4.43. The first kappa shape index (κ1) is 17.7. The van der Waals surface area contributed by atoms with E-state index in [1.807, 2.05) is 6.92 Å². The van der Waals surface area contributed by atoms with Crippen LogP contribution in [0.2, 0.25) is 0 Å². The second kappa shape index (κ2) is 7.29. The van der Waals surface area contributed by atoms with Crippen molar-refractivity contribution in [1.29, 1.82) is 0 Å². The van der Waals surface area contributed by atoms with Crippen LogP contribution >= 0.6 is 0 Å². The van der Waals surface area contributed by atoms with Crippen LogP contribution < -0.4 is 5.32 Å². The van der Waals surface area contributed by atoms with Crippen molar-refractivity contribution in [3.05, 3.63) is 23.9 Å². The molecule has 2 rings (SSSR count). The number of amides is 1. The molecular formula is C16H25N3O3S. The summed E-state index contributed by atoms with van der Waals surface area (Å²) >= 11 is 0. The first-order valence-electron chi connectivity index (χ1n) is 8.10. The van der Waals surface area contributed by atoms with E-state index in [2.05, 4.69) is 24.1 Å². The molecule has 7 heteroatoms. The summed E-state index contributed by atoms with van der Waals surface area (Å²) < 4.78 is 23.3. The first-order chi connectivity index (χ1) is 10.9. The van der Waals surface area contributed by atoms with Gasteiger partial charge in [0.2, 0.25) is 0 Å². The number of rotatable bonds is 6. The summed E-state index contributed by atoms with van der Waals surface area (Å²) in [6, 6.07) is 3.63. The fourth-order valence-electron chi connectivity index (χ4n) is 2.71. The minimum Gasteiger partial charge on any atom is -0.368 e. The van der Waals surface area contributed by atoms with Crippen LogP contribution in [-0.2, 0) is 9.84 Å². The second-order valence-corrected chi connectivity index (χ2v) is 8.26. The highest BCUT2D eigenvalue weighted by molar-refractivity contribution is 7.91. The SMILES string of the molecule is CCC(C)Nc1ccc(C(=O)N(CC)C2CCS(=O)(=O)C2)cn1. The summed E-state index contributed by atoms with van der Waals surface area (Å²) in [5, 5.41) is 3.25. The Morgan fingerprint density at radius 3 is 2.65 bits per heavy atom. The van der Waals surface area contributed by atoms with E-state index >= 15 is 0 Å². The summed E-state index contributed by atoms with van der Waals surface area (Å²) in [7, 11) is -3.01. The molecule has 0 bridgehead atoms. The van der Waals surface area contributed by atoms with E-state index in [9.17, 15) is 13.2 Å². The van der Waals surface area contributed by atoms with E-state index in [0.717, 1.165) is 12.2 Å². The number of anilines is 1. The van der Waals surface area contributed by atoms with Crippen molar-refractivity contribution in [1.82, 2.24) is 9.88 Å². The van der Waals surface area contributed by atoms with E-state index in [4.69, 9.17) is 0 Å². The van der Waals surface area contributed by atoms with Crippen LogP contribution in [-0.4, -0.2) is 54.3 Å². The van der Waals surface area contributed by atoms with Gasteiger partial charge in [0.15, 0.2) is 9.84 Å². The zero-order valence-corrected chi connectivity index (χ0v) is 14.8. The molecule has 128 valence electrons. The molecule has 1 N–H and O–H groups in total. The van der Waals surface area contributed by atoms with Crippen molar-refractivity contribution in [2.75, 3.05) is 23.4 Å². The Hall–Kier alpha value is -1.63. The van der Waals surface area contributed by atoms with Crippen molar-refractivity contribution in [3.8, 4) is 0 Å². The first-order valence-corrected chi connectivity index (χ1v) is 9.92. The van der Waals surface area contributed by atoms with Gasteiger partial charge in [-0.15, -0.1) is 0 Å². The number of hydrogen-bond acceptors (Lipinski definition) is 5. The number of nitrogens with one attached hydrogen (secondary N) is 1. The number of nitrogens with zero attached hydrogens (tertiary/aromatic N) is 2. The minimum atomic E-state index is -3.01. The Morgan fingerprint density at radius 1 is 1.43 bits per heavy atom. The van der Waals surface area contributed by atoms with Crippen LogP contribution in [0.25, 0.3) is 0 Å². The average molecular weight is 339 g/mol. The molecule has 1 aliphatic rings. The molecule has 0 radical (unpaired) electrons. The molecule has 0 saturated carbocycles. The standard InChI is InChI=1S/C16H25N3O3S/c1-4-12(3)18-15-7-6-13(10-17-15)16(20)19(5-2)14-8-9-23(21,22)11-14/h6-7,10,12,14H,4-5,8-9,11H2,1-3H3,(H,17,18). The van der Waals surface area contributed by atoms with Crippen molar-refractivity contribution in [3.63, 3.8) is 0 Å². The molecule has 0 aromatic carbocycles. The average Bonchev–Trinajstić information content (AvgIpc) is 2.88. The maximum Gasteiger partial charge on any atom is 0.255 e. The summed E-state index contributed by atoms with van der Waals surface area (Å²) in [5.74, 6) is 0.810. The van der Waals surface area contributed by atoms with Gasteiger partial charge in [0.1, 0.15) is 5.82 Å².